The molecule has 1 aliphatic rings. The molecule has 1 aromatic heterocycles. The fourth-order valence-corrected chi connectivity index (χ4v) is 3.05. The van der Waals surface area contributed by atoms with Crippen molar-refractivity contribution in [1.82, 2.24) is 14.7 Å². The highest BCUT2D eigenvalue weighted by Crippen LogP contribution is 2.50. The lowest BCUT2D eigenvalue weighted by atomic mass is 10.1. The van der Waals surface area contributed by atoms with E-state index >= 15 is 0 Å². The molecule has 0 bridgehead atoms. The molecule has 21 heavy (non-hydrogen) atoms. The zero-order chi connectivity index (χ0) is 15.0. The molecular weight excluding hydrogens is 286 g/mol. The molecular formula is C16H18ClN3O. The van der Waals surface area contributed by atoms with Gasteiger partial charge in [0.15, 0.2) is 0 Å². The maximum Gasteiger partial charge on any atom is 0.226 e. The van der Waals surface area contributed by atoms with E-state index in [-0.39, 0.29) is 17.7 Å². The molecule has 0 N–H and O–H groups in total. The highest BCUT2D eigenvalue weighted by Gasteiger charge is 2.45. The van der Waals surface area contributed by atoms with Crippen LogP contribution in [0.1, 0.15) is 23.5 Å². The van der Waals surface area contributed by atoms with E-state index in [1.807, 2.05) is 44.6 Å². The molecule has 1 fully saturated rings. The van der Waals surface area contributed by atoms with Crippen LogP contribution in [0, 0.1) is 5.92 Å². The van der Waals surface area contributed by atoms with E-state index in [4.69, 9.17) is 11.6 Å². The van der Waals surface area contributed by atoms with Gasteiger partial charge in [-0.05, 0) is 24.0 Å². The first kappa shape index (κ1) is 14.1. The number of carbonyl (C=O) groups excluding carboxylic acids is 1. The molecule has 2 aromatic rings. The Bertz CT molecular complexity index is 667. The first-order valence-corrected chi connectivity index (χ1v) is 7.41. The molecule has 4 nitrogen and oxygen atoms in total. The molecule has 5 heteroatoms. The van der Waals surface area contributed by atoms with E-state index in [9.17, 15) is 4.79 Å². The first-order chi connectivity index (χ1) is 10.1. The average molecular weight is 304 g/mol. The van der Waals surface area contributed by atoms with Crippen LogP contribution in [0.25, 0.3) is 0 Å². The largest absolute Gasteiger partial charge is 0.341 e. The fraction of sp³-hybridized carbons (Fsp3) is 0.375. The van der Waals surface area contributed by atoms with Gasteiger partial charge in [0.1, 0.15) is 0 Å². The molecule has 3 rings (SSSR count). The Labute approximate surface area is 129 Å². The molecule has 0 radical (unpaired) electrons. The minimum atomic E-state index is 0.0616. The molecule has 1 saturated carbocycles. The molecule has 2 atom stereocenters. The lowest BCUT2D eigenvalue weighted by molar-refractivity contribution is -0.131. The summed E-state index contributed by atoms with van der Waals surface area (Å²) in [4.78, 5) is 14.2. The van der Waals surface area contributed by atoms with Crippen molar-refractivity contribution in [3.05, 3.63) is 52.8 Å². The number of rotatable bonds is 4. The number of aryl methyl sites for hydroxylation is 1. The Morgan fingerprint density at radius 3 is 2.90 bits per heavy atom. The van der Waals surface area contributed by atoms with Crippen LogP contribution in [0.5, 0.6) is 0 Å². The van der Waals surface area contributed by atoms with Crippen molar-refractivity contribution in [2.24, 2.45) is 13.0 Å². The number of amides is 1. The first-order valence-electron chi connectivity index (χ1n) is 7.03. The third-order valence-electron chi connectivity index (χ3n) is 3.97. The second-order valence-electron chi connectivity index (χ2n) is 5.69. The molecule has 0 saturated heterocycles. The van der Waals surface area contributed by atoms with Crippen LogP contribution in [0.4, 0.5) is 0 Å². The van der Waals surface area contributed by atoms with Gasteiger partial charge in [-0.1, -0.05) is 29.8 Å². The van der Waals surface area contributed by atoms with Gasteiger partial charge >= 0.3 is 0 Å². The van der Waals surface area contributed by atoms with Crippen LogP contribution in [0.2, 0.25) is 5.02 Å². The van der Waals surface area contributed by atoms with Gasteiger partial charge in [-0.2, -0.15) is 5.10 Å². The Kier molecular flexibility index (Phi) is 3.72. The van der Waals surface area contributed by atoms with Gasteiger partial charge in [0.25, 0.3) is 0 Å². The van der Waals surface area contributed by atoms with Crippen LogP contribution in [-0.2, 0) is 18.4 Å². The minimum Gasteiger partial charge on any atom is -0.341 e. The van der Waals surface area contributed by atoms with Crippen LogP contribution in [-0.4, -0.2) is 27.6 Å². The topological polar surface area (TPSA) is 38.1 Å². The summed E-state index contributed by atoms with van der Waals surface area (Å²) in [5.74, 6) is 0.512. The molecule has 0 aliphatic heterocycles. The van der Waals surface area contributed by atoms with Gasteiger partial charge in [0.2, 0.25) is 5.91 Å². The van der Waals surface area contributed by atoms with Crippen molar-refractivity contribution in [3.63, 3.8) is 0 Å². The maximum absolute atomic E-state index is 12.5. The molecule has 0 spiro atoms. The summed E-state index contributed by atoms with van der Waals surface area (Å²) in [5, 5.41) is 4.88. The van der Waals surface area contributed by atoms with Crippen molar-refractivity contribution >= 4 is 17.5 Å². The minimum absolute atomic E-state index is 0.0616. The Morgan fingerprint density at radius 2 is 2.24 bits per heavy atom. The van der Waals surface area contributed by atoms with Crippen LogP contribution in [0.3, 0.4) is 0 Å². The van der Waals surface area contributed by atoms with E-state index in [1.165, 1.54) is 0 Å². The van der Waals surface area contributed by atoms with Gasteiger partial charge < -0.3 is 4.90 Å². The maximum atomic E-state index is 12.5. The molecule has 1 aromatic carbocycles. The van der Waals surface area contributed by atoms with Crippen molar-refractivity contribution in [2.75, 3.05) is 7.05 Å². The van der Waals surface area contributed by atoms with E-state index in [0.717, 1.165) is 22.6 Å². The second kappa shape index (κ2) is 5.53. The highest BCUT2D eigenvalue weighted by atomic mass is 35.5. The summed E-state index contributed by atoms with van der Waals surface area (Å²) < 4.78 is 1.75. The zero-order valence-electron chi connectivity index (χ0n) is 12.2. The number of halogens is 1. The molecule has 1 aliphatic carbocycles. The third kappa shape index (κ3) is 2.95. The van der Waals surface area contributed by atoms with Crippen LogP contribution < -0.4 is 0 Å². The summed E-state index contributed by atoms with van der Waals surface area (Å²) in [6.45, 7) is 0.596. The fourth-order valence-electron chi connectivity index (χ4n) is 2.78. The molecule has 1 amide bonds. The molecule has 110 valence electrons. The number of benzene rings is 1. The quantitative estimate of drug-likeness (QED) is 0.871. The predicted octanol–water partition coefficient (Wildman–Crippen LogP) is 2.84. The summed E-state index contributed by atoms with van der Waals surface area (Å²) in [5.41, 5.74) is 2.13. The zero-order valence-corrected chi connectivity index (χ0v) is 12.9. The Balaban J connectivity index is 1.63. The van der Waals surface area contributed by atoms with E-state index < -0.39 is 0 Å². The van der Waals surface area contributed by atoms with Gasteiger partial charge in [0, 0.05) is 43.3 Å². The van der Waals surface area contributed by atoms with Crippen molar-refractivity contribution in [1.29, 1.82) is 0 Å². The van der Waals surface area contributed by atoms with Crippen molar-refractivity contribution < 1.29 is 4.79 Å². The van der Waals surface area contributed by atoms with Crippen LogP contribution >= 0.6 is 11.6 Å². The van der Waals surface area contributed by atoms with E-state index in [0.29, 0.717) is 6.54 Å². The Morgan fingerprint density at radius 1 is 1.48 bits per heavy atom. The standard InChI is InChI=1S/C16H18ClN3O/c1-19(9-11-8-18-20(2)10-11)16(21)14-7-13(14)12-5-3-4-6-15(12)17/h3-6,8,10,13-14H,7,9H2,1-2H3. The number of nitrogens with zero attached hydrogens (tertiary/aromatic N) is 3. The Hall–Kier alpha value is -1.81. The monoisotopic (exact) mass is 303 g/mol. The molecule has 2 unspecified atom stereocenters. The summed E-state index contributed by atoms with van der Waals surface area (Å²) in [6, 6.07) is 7.79. The van der Waals surface area contributed by atoms with E-state index in [2.05, 4.69) is 5.10 Å². The lowest BCUT2D eigenvalue weighted by Crippen LogP contribution is -2.27. The van der Waals surface area contributed by atoms with Crippen molar-refractivity contribution in [3.8, 4) is 0 Å². The summed E-state index contributed by atoms with van der Waals surface area (Å²) in [6.07, 6.45) is 4.62. The number of carbonyl (C=O) groups is 1. The summed E-state index contributed by atoms with van der Waals surface area (Å²) >= 11 is 6.21. The lowest BCUT2D eigenvalue weighted by Gasteiger charge is -2.16. The smallest absolute Gasteiger partial charge is 0.226 e. The normalized spacial score (nSPS) is 20.3. The number of aromatic nitrogens is 2. The van der Waals surface area contributed by atoms with Gasteiger partial charge in [-0.25, -0.2) is 0 Å². The van der Waals surface area contributed by atoms with Crippen LogP contribution in [0.15, 0.2) is 36.7 Å². The van der Waals surface area contributed by atoms with Crippen molar-refractivity contribution in [2.45, 2.75) is 18.9 Å². The number of hydrogen-bond donors (Lipinski definition) is 0. The average Bonchev–Trinajstić information content (AvgIpc) is 3.15. The highest BCUT2D eigenvalue weighted by molar-refractivity contribution is 6.31. The van der Waals surface area contributed by atoms with E-state index in [1.54, 1.807) is 15.8 Å². The SMILES string of the molecule is CN(Cc1cnn(C)c1)C(=O)C1CC1c1ccccc1Cl. The summed E-state index contributed by atoms with van der Waals surface area (Å²) in [7, 11) is 3.72. The van der Waals surface area contributed by atoms with Gasteiger partial charge in [-0.3, -0.25) is 9.48 Å². The van der Waals surface area contributed by atoms with Gasteiger partial charge in [-0.15, -0.1) is 0 Å². The second-order valence-corrected chi connectivity index (χ2v) is 6.09. The van der Waals surface area contributed by atoms with Gasteiger partial charge in [0.05, 0.1) is 6.20 Å². The number of hydrogen-bond acceptors (Lipinski definition) is 2. The molecule has 1 heterocycles. The third-order valence-corrected chi connectivity index (χ3v) is 4.31. The predicted molar refractivity (Wildman–Crippen MR) is 82.0 cm³/mol.